The summed E-state index contributed by atoms with van der Waals surface area (Å²) in [4.78, 5) is 12.3. The fraction of sp³-hybridized carbons (Fsp3) is 0.188. The smallest absolute Gasteiger partial charge is 0.255 e. The minimum absolute atomic E-state index is 0.286. The molecular weight excluding hydrogens is 300 g/mol. The van der Waals surface area contributed by atoms with Crippen molar-refractivity contribution in [3.05, 3.63) is 59.2 Å². The zero-order valence-electron chi connectivity index (χ0n) is 12.7. The average molecular weight is 318 g/mol. The number of carbonyl (C=O) groups is 1. The molecule has 116 valence electrons. The van der Waals surface area contributed by atoms with Gasteiger partial charge in [-0.1, -0.05) is 24.3 Å². The van der Waals surface area contributed by atoms with Gasteiger partial charge in [-0.05, 0) is 43.2 Å². The summed E-state index contributed by atoms with van der Waals surface area (Å²) < 4.78 is 25.1. The van der Waals surface area contributed by atoms with Crippen molar-refractivity contribution in [3.63, 3.8) is 0 Å². The van der Waals surface area contributed by atoms with Gasteiger partial charge in [0, 0.05) is 11.3 Å². The summed E-state index contributed by atoms with van der Waals surface area (Å²) in [5.41, 5.74) is 3.22. The molecule has 22 heavy (non-hydrogen) atoms. The molecule has 0 fully saturated rings. The summed E-state index contributed by atoms with van der Waals surface area (Å²) in [5, 5.41) is 2.82. The molecule has 0 aromatic heterocycles. The van der Waals surface area contributed by atoms with Gasteiger partial charge in [-0.15, -0.1) is 0 Å². The van der Waals surface area contributed by atoms with E-state index in [1.165, 1.54) is 6.07 Å². The second-order valence-corrected chi connectivity index (χ2v) is 6.92. The largest absolute Gasteiger partial charge is 0.322 e. The van der Waals surface area contributed by atoms with Crippen molar-refractivity contribution in [3.8, 4) is 0 Å². The molecule has 2 aromatic rings. The summed E-state index contributed by atoms with van der Waals surface area (Å²) >= 11 is 0. The summed E-state index contributed by atoms with van der Waals surface area (Å²) in [6.07, 6.45) is 1.08. The molecule has 0 saturated heterocycles. The highest BCUT2D eigenvalue weighted by molar-refractivity contribution is 7.92. The second kappa shape index (κ2) is 6.19. The Balaban J connectivity index is 2.27. The van der Waals surface area contributed by atoms with Crippen LogP contribution in [-0.4, -0.2) is 20.6 Å². The molecule has 0 aliphatic heterocycles. The van der Waals surface area contributed by atoms with Crippen LogP contribution < -0.4 is 10.0 Å². The molecule has 2 N–H and O–H groups in total. The molecule has 0 heterocycles. The molecule has 6 heteroatoms. The molecular formula is C16H18N2O3S. The van der Waals surface area contributed by atoms with Gasteiger partial charge in [0.2, 0.25) is 10.0 Å². The third-order valence-electron chi connectivity index (χ3n) is 3.19. The zero-order valence-corrected chi connectivity index (χ0v) is 13.5. The summed E-state index contributed by atoms with van der Waals surface area (Å²) in [6.45, 7) is 3.68. The van der Waals surface area contributed by atoms with E-state index in [1.807, 2.05) is 31.2 Å². The van der Waals surface area contributed by atoms with Crippen LogP contribution in [0.2, 0.25) is 0 Å². The minimum Gasteiger partial charge on any atom is -0.322 e. The molecule has 0 atom stereocenters. The number of para-hydroxylation sites is 1. The monoisotopic (exact) mass is 318 g/mol. The van der Waals surface area contributed by atoms with Crippen molar-refractivity contribution in [2.45, 2.75) is 13.8 Å². The lowest BCUT2D eigenvalue weighted by Crippen LogP contribution is -2.15. The standard InChI is InChI=1S/C16H18N2O3S/c1-11-6-4-5-7-14(11)17-16(19)13-9-8-12(2)15(10-13)18-22(3,20)21/h4-10,18H,1-3H3,(H,17,19). The van der Waals surface area contributed by atoms with Crippen LogP contribution in [0.25, 0.3) is 0 Å². The topological polar surface area (TPSA) is 75.3 Å². The number of hydrogen-bond donors (Lipinski definition) is 2. The van der Waals surface area contributed by atoms with E-state index in [-0.39, 0.29) is 5.91 Å². The molecule has 0 bridgehead atoms. The number of nitrogens with one attached hydrogen (secondary N) is 2. The molecule has 0 spiro atoms. The lowest BCUT2D eigenvalue weighted by molar-refractivity contribution is 0.102. The first-order valence-corrected chi connectivity index (χ1v) is 8.61. The highest BCUT2D eigenvalue weighted by Gasteiger charge is 2.11. The summed E-state index contributed by atoms with van der Waals surface area (Å²) in [6, 6.07) is 12.4. The molecule has 0 radical (unpaired) electrons. The van der Waals surface area contributed by atoms with Crippen molar-refractivity contribution in [2.24, 2.45) is 0 Å². The van der Waals surface area contributed by atoms with Crippen molar-refractivity contribution >= 4 is 27.3 Å². The summed E-state index contributed by atoms with van der Waals surface area (Å²) in [5.74, 6) is -0.286. The Bertz CT molecular complexity index is 814. The lowest BCUT2D eigenvalue weighted by atomic mass is 10.1. The van der Waals surface area contributed by atoms with Gasteiger partial charge in [-0.2, -0.15) is 0 Å². The Morgan fingerprint density at radius 3 is 2.23 bits per heavy atom. The molecule has 0 saturated carbocycles. The van der Waals surface area contributed by atoms with E-state index in [0.29, 0.717) is 11.3 Å². The number of carbonyl (C=O) groups excluding carboxylic acids is 1. The maximum atomic E-state index is 12.3. The summed E-state index contributed by atoms with van der Waals surface area (Å²) in [7, 11) is -3.39. The molecule has 0 aliphatic rings. The van der Waals surface area contributed by atoms with Gasteiger partial charge in [0.15, 0.2) is 0 Å². The molecule has 1 amide bonds. The number of amides is 1. The van der Waals surface area contributed by atoms with Crippen LogP contribution in [0.4, 0.5) is 11.4 Å². The van der Waals surface area contributed by atoms with Gasteiger partial charge in [0.1, 0.15) is 0 Å². The number of rotatable bonds is 4. The van der Waals surface area contributed by atoms with Crippen LogP contribution in [0.1, 0.15) is 21.5 Å². The van der Waals surface area contributed by atoms with Gasteiger partial charge < -0.3 is 5.32 Å². The third kappa shape index (κ3) is 4.08. The maximum Gasteiger partial charge on any atom is 0.255 e. The van der Waals surface area contributed by atoms with Crippen molar-refractivity contribution in [2.75, 3.05) is 16.3 Å². The number of benzene rings is 2. The van der Waals surface area contributed by atoms with Gasteiger partial charge >= 0.3 is 0 Å². The first kappa shape index (κ1) is 16.0. The van der Waals surface area contributed by atoms with Crippen LogP contribution in [0, 0.1) is 13.8 Å². The Hall–Kier alpha value is -2.34. The Labute approximate surface area is 130 Å². The van der Waals surface area contributed by atoms with E-state index >= 15 is 0 Å². The minimum atomic E-state index is -3.39. The van der Waals surface area contributed by atoms with Gasteiger partial charge in [0.05, 0.1) is 11.9 Å². The first-order valence-electron chi connectivity index (χ1n) is 6.72. The van der Waals surface area contributed by atoms with Crippen LogP contribution in [-0.2, 0) is 10.0 Å². The van der Waals surface area contributed by atoms with E-state index in [1.54, 1.807) is 19.1 Å². The quantitative estimate of drug-likeness (QED) is 0.910. The highest BCUT2D eigenvalue weighted by atomic mass is 32.2. The van der Waals surface area contributed by atoms with E-state index in [2.05, 4.69) is 10.0 Å². The van der Waals surface area contributed by atoms with Gasteiger partial charge in [-0.25, -0.2) is 8.42 Å². The Morgan fingerprint density at radius 2 is 1.59 bits per heavy atom. The van der Waals surface area contributed by atoms with Gasteiger partial charge in [0.25, 0.3) is 5.91 Å². The molecule has 0 aliphatic carbocycles. The maximum absolute atomic E-state index is 12.3. The van der Waals surface area contributed by atoms with E-state index < -0.39 is 10.0 Å². The molecule has 2 aromatic carbocycles. The highest BCUT2D eigenvalue weighted by Crippen LogP contribution is 2.20. The first-order chi connectivity index (χ1) is 10.3. The van der Waals surface area contributed by atoms with Crippen LogP contribution in [0.15, 0.2) is 42.5 Å². The number of hydrogen-bond acceptors (Lipinski definition) is 3. The average Bonchev–Trinajstić information content (AvgIpc) is 2.42. The van der Waals surface area contributed by atoms with E-state index in [9.17, 15) is 13.2 Å². The predicted octanol–water partition coefficient (Wildman–Crippen LogP) is 2.93. The van der Waals surface area contributed by atoms with E-state index in [0.717, 1.165) is 23.1 Å². The molecule has 5 nitrogen and oxygen atoms in total. The van der Waals surface area contributed by atoms with Crippen LogP contribution in [0.3, 0.4) is 0 Å². The zero-order chi connectivity index (χ0) is 16.3. The van der Waals surface area contributed by atoms with Crippen LogP contribution >= 0.6 is 0 Å². The van der Waals surface area contributed by atoms with Gasteiger partial charge in [-0.3, -0.25) is 9.52 Å². The number of sulfonamides is 1. The van der Waals surface area contributed by atoms with Crippen molar-refractivity contribution in [1.82, 2.24) is 0 Å². The lowest BCUT2D eigenvalue weighted by Gasteiger charge is -2.11. The normalized spacial score (nSPS) is 11.0. The molecule has 2 rings (SSSR count). The second-order valence-electron chi connectivity index (χ2n) is 5.17. The SMILES string of the molecule is Cc1ccccc1NC(=O)c1ccc(C)c(NS(C)(=O)=O)c1. The van der Waals surface area contributed by atoms with Crippen LogP contribution in [0.5, 0.6) is 0 Å². The fourth-order valence-electron chi connectivity index (χ4n) is 1.98. The predicted molar refractivity (Wildman–Crippen MR) is 88.8 cm³/mol. The van der Waals surface area contributed by atoms with Crippen molar-refractivity contribution in [1.29, 1.82) is 0 Å². The fourth-order valence-corrected chi connectivity index (χ4v) is 2.60. The van der Waals surface area contributed by atoms with E-state index in [4.69, 9.17) is 0 Å². The Kier molecular flexibility index (Phi) is 4.51. The number of anilines is 2. The third-order valence-corrected chi connectivity index (χ3v) is 3.78. The van der Waals surface area contributed by atoms with Crippen molar-refractivity contribution < 1.29 is 13.2 Å². The number of aryl methyl sites for hydroxylation is 2. The molecule has 0 unspecified atom stereocenters. The Morgan fingerprint density at radius 1 is 0.955 bits per heavy atom.